The minimum Gasteiger partial charge on any atom is -0.395 e. The van der Waals surface area contributed by atoms with Gasteiger partial charge in [-0.3, -0.25) is 14.5 Å². The van der Waals surface area contributed by atoms with Crippen LogP contribution >= 0.6 is 0 Å². The number of aryl methyl sites for hydroxylation is 1. The molecule has 2 N–H and O–H groups in total. The van der Waals surface area contributed by atoms with Gasteiger partial charge in [0.1, 0.15) is 5.70 Å². The van der Waals surface area contributed by atoms with E-state index in [2.05, 4.69) is 16.3 Å². The predicted molar refractivity (Wildman–Crippen MR) is 83.5 cm³/mol. The molecule has 3 rings (SSSR count). The molecule has 2 amide bonds. The predicted octanol–water partition coefficient (Wildman–Crippen LogP) is 0.726. The van der Waals surface area contributed by atoms with Gasteiger partial charge in [-0.25, -0.2) is 0 Å². The lowest BCUT2D eigenvalue weighted by Gasteiger charge is -2.28. The lowest BCUT2D eigenvalue weighted by molar-refractivity contribution is -0.137. The van der Waals surface area contributed by atoms with Crippen LogP contribution in [0.3, 0.4) is 0 Å². The molecule has 2 heterocycles. The quantitative estimate of drug-likeness (QED) is 0.802. The summed E-state index contributed by atoms with van der Waals surface area (Å²) in [4.78, 5) is 27.1. The molecule has 0 saturated heterocycles. The van der Waals surface area contributed by atoms with Crippen LogP contribution in [0.2, 0.25) is 0 Å². The molecule has 0 atom stereocenters. The van der Waals surface area contributed by atoms with Gasteiger partial charge >= 0.3 is 0 Å². The molecule has 0 spiro atoms. The molecule has 6 nitrogen and oxygen atoms in total. The first-order valence-electron chi connectivity index (χ1n) is 7.39. The van der Waals surface area contributed by atoms with Gasteiger partial charge in [-0.2, -0.15) is 0 Å². The highest BCUT2D eigenvalue weighted by Gasteiger charge is 2.30. The number of aliphatic hydroxyl groups is 1. The van der Waals surface area contributed by atoms with E-state index in [9.17, 15) is 9.59 Å². The Hall–Kier alpha value is -2.34. The number of β-amino-alcohol motifs (C(OH)–C–C–N with tert-alkyl or cyclic N) is 1. The number of anilines is 2. The lowest BCUT2D eigenvalue weighted by atomic mass is 10.0. The molecular weight excluding hydrogens is 282 g/mol. The molecule has 6 heteroatoms. The summed E-state index contributed by atoms with van der Waals surface area (Å²) in [6, 6.07) is 5.98. The van der Waals surface area contributed by atoms with Crippen molar-refractivity contribution in [3.05, 3.63) is 35.5 Å². The Morgan fingerprint density at radius 2 is 2.14 bits per heavy atom. The Bertz CT molecular complexity index is 654. The van der Waals surface area contributed by atoms with Crippen molar-refractivity contribution >= 4 is 23.2 Å². The third-order valence-electron chi connectivity index (χ3n) is 4.05. The van der Waals surface area contributed by atoms with E-state index in [1.54, 1.807) is 0 Å². The van der Waals surface area contributed by atoms with Gasteiger partial charge in [0.15, 0.2) is 0 Å². The van der Waals surface area contributed by atoms with Crippen LogP contribution in [-0.4, -0.2) is 48.6 Å². The Balaban J connectivity index is 1.80. The van der Waals surface area contributed by atoms with Crippen LogP contribution in [0.1, 0.15) is 12.0 Å². The third-order valence-corrected chi connectivity index (χ3v) is 4.05. The van der Waals surface area contributed by atoms with Gasteiger partial charge < -0.3 is 15.3 Å². The zero-order valence-electron chi connectivity index (χ0n) is 12.5. The van der Waals surface area contributed by atoms with E-state index in [0.717, 1.165) is 35.7 Å². The van der Waals surface area contributed by atoms with E-state index in [1.807, 2.05) is 19.2 Å². The highest BCUT2D eigenvalue weighted by Crippen LogP contribution is 2.29. The van der Waals surface area contributed by atoms with Crippen LogP contribution in [0.4, 0.5) is 11.4 Å². The van der Waals surface area contributed by atoms with Crippen LogP contribution in [0, 0.1) is 0 Å². The summed E-state index contributed by atoms with van der Waals surface area (Å²) in [5.41, 5.74) is 3.48. The highest BCUT2D eigenvalue weighted by atomic mass is 16.3. The molecular formula is C16H19N3O3. The molecule has 0 aromatic heterocycles. The maximum Gasteiger partial charge on any atom is 0.277 e. The van der Waals surface area contributed by atoms with Crippen LogP contribution < -0.4 is 10.2 Å². The van der Waals surface area contributed by atoms with Gasteiger partial charge in [-0.1, -0.05) is 6.07 Å². The van der Waals surface area contributed by atoms with Crippen LogP contribution in [-0.2, 0) is 16.0 Å². The van der Waals surface area contributed by atoms with Crippen LogP contribution in [0.5, 0.6) is 0 Å². The van der Waals surface area contributed by atoms with Gasteiger partial charge in [0.2, 0.25) is 0 Å². The number of hydrogen-bond acceptors (Lipinski definition) is 5. The van der Waals surface area contributed by atoms with Crippen LogP contribution in [0.25, 0.3) is 0 Å². The fraction of sp³-hybridized carbons (Fsp3) is 0.375. The number of hydrogen-bond donors (Lipinski definition) is 2. The fourth-order valence-electron chi connectivity index (χ4n) is 2.90. The summed E-state index contributed by atoms with van der Waals surface area (Å²) in [5.74, 6) is -0.790. The van der Waals surface area contributed by atoms with Crippen molar-refractivity contribution in [3.8, 4) is 0 Å². The number of imide groups is 1. The standard InChI is InChI=1S/C16H19N3O3/c1-18-6-2-3-11-4-5-12(9-14(11)18)17-13-10-15(21)19(7-8-20)16(13)22/h4-5,9-10,17,20H,2-3,6-8H2,1H3. The van der Waals surface area contributed by atoms with E-state index in [-0.39, 0.29) is 18.8 Å². The highest BCUT2D eigenvalue weighted by molar-refractivity contribution is 6.17. The van der Waals surface area contributed by atoms with E-state index in [4.69, 9.17) is 5.11 Å². The Labute approximate surface area is 129 Å². The van der Waals surface area contributed by atoms with E-state index in [1.165, 1.54) is 11.6 Å². The molecule has 0 unspecified atom stereocenters. The molecule has 2 aliphatic heterocycles. The van der Waals surface area contributed by atoms with Gasteiger partial charge in [0.25, 0.3) is 11.8 Å². The number of nitrogens with zero attached hydrogens (tertiary/aromatic N) is 2. The van der Waals surface area contributed by atoms with Crippen molar-refractivity contribution in [2.24, 2.45) is 0 Å². The smallest absolute Gasteiger partial charge is 0.277 e. The summed E-state index contributed by atoms with van der Waals surface area (Å²) >= 11 is 0. The largest absolute Gasteiger partial charge is 0.395 e. The summed E-state index contributed by atoms with van der Waals surface area (Å²) in [6.07, 6.45) is 3.48. The Morgan fingerprint density at radius 3 is 2.91 bits per heavy atom. The number of fused-ring (bicyclic) bond motifs is 1. The lowest BCUT2D eigenvalue weighted by Crippen LogP contribution is -2.34. The second kappa shape index (κ2) is 5.81. The first-order valence-corrected chi connectivity index (χ1v) is 7.39. The number of amides is 2. The number of carbonyl (C=O) groups excluding carboxylic acids is 2. The van der Waals surface area contributed by atoms with Crippen molar-refractivity contribution in [2.45, 2.75) is 12.8 Å². The molecule has 0 aliphatic carbocycles. The number of benzene rings is 1. The molecule has 116 valence electrons. The fourth-order valence-corrected chi connectivity index (χ4v) is 2.90. The molecule has 2 aliphatic rings. The molecule has 0 radical (unpaired) electrons. The SMILES string of the molecule is CN1CCCc2ccc(NC3=CC(=O)N(CCO)C3=O)cc21. The van der Waals surface area contributed by atoms with Crippen molar-refractivity contribution in [2.75, 3.05) is 37.0 Å². The molecule has 0 fully saturated rings. The molecule has 1 aromatic carbocycles. The number of nitrogens with one attached hydrogen (secondary N) is 1. The summed E-state index contributed by atoms with van der Waals surface area (Å²) in [6.45, 7) is 0.801. The zero-order chi connectivity index (χ0) is 15.7. The number of rotatable bonds is 4. The van der Waals surface area contributed by atoms with Crippen molar-refractivity contribution in [3.63, 3.8) is 0 Å². The van der Waals surface area contributed by atoms with E-state index < -0.39 is 11.8 Å². The van der Waals surface area contributed by atoms with Gasteiger partial charge in [-0.15, -0.1) is 0 Å². The van der Waals surface area contributed by atoms with Gasteiger partial charge in [0, 0.05) is 31.0 Å². The van der Waals surface area contributed by atoms with Crippen LogP contribution in [0.15, 0.2) is 30.0 Å². The molecule has 1 aromatic rings. The first kappa shape index (κ1) is 14.6. The maximum atomic E-state index is 12.1. The Morgan fingerprint density at radius 1 is 1.32 bits per heavy atom. The number of carbonyl (C=O) groups is 2. The second-order valence-corrected chi connectivity index (χ2v) is 5.57. The molecule has 0 saturated carbocycles. The minimum absolute atomic E-state index is 0.0201. The number of aliphatic hydroxyl groups excluding tert-OH is 1. The second-order valence-electron chi connectivity index (χ2n) is 5.57. The molecule has 0 bridgehead atoms. The van der Waals surface area contributed by atoms with Gasteiger partial charge in [-0.05, 0) is 30.5 Å². The normalized spacial score (nSPS) is 17.6. The third kappa shape index (κ3) is 2.57. The van der Waals surface area contributed by atoms with E-state index in [0.29, 0.717) is 0 Å². The monoisotopic (exact) mass is 301 g/mol. The van der Waals surface area contributed by atoms with Gasteiger partial charge in [0.05, 0.1) is 13.2 Å². The van der Waals surface area contributed by atoms with E-state index >= 15 is 0 Å². The van der Waals surface area contributed by atoms with Crippen molar-refractivity contribution in [1.29, 1.82) is 0 Å². The topological polar surface area (TPSA) is 72.9 Å². The first-order chi connectivity index (χ1) is 10.6. The summed E-state index contributed by atoms with van der Waals surface area (Å²) in [7, 11) is 2.05. The summed E-state index contributed by atoms with van der Waals surface area (Å²) < 4.78 is 0. The summed E-state index contributed by atoms with van der Waals surface area (Å²) in [5, 5.41) is 11.9. The average Bonchev–Trinajstić information content (AvgIpc) is 2.76. The maximum absolute atomic E-state index is 12.1. The Kier molecular flexibility index (Phi) is 3.85. The zero-order valence-corrected chi connectivity index (χ0v) is 12.5. The molecule has 22 heavy (non-hydrogen) atoms. The average molecular weight is 301 g/mol. The minimum atomic E-state index is -0.398. The van der Waals surface area contributed by atoms with Crippen molar-refractivity contribution in [1.82, 2.24) is 4.90 Å². The van der Waals surface area contributed by atoms with Crippen molar-refractivity contribution < 1.29 is 14.7 Å².